The first-order chi connectivity index (χ1) is 15.5. The number of amides is 1. The average molecular weight is 457 g/mol. The molecule has 1 aliphatic rings. The smallest absolute Gasteiger partial charge is 0.341 e. The number of aryl methyl sites for hydroxylation is 1. The van der Waals surface area contributed by atoms with E-state index < -0.39 is 23.9 Å². The molecular formula is C23H24N2O6S. The summed E-state index contributed by atoms with van der Waals surface area (Å²) >= 11 is 1.40. The van der Waals surface area contributed by atoms with Crippen LogP contribution in [-0.4, -0.2) is 36.0 Å². The maximum atomic E-state index is 13.0. The van der Waals surface area contributed by atoms with E-state index in [-0.39, 0.29) is 12.0 Å². The number of nitrogens with zero attached hydrogens (tertiary/aromatic N) is 1. The summed E-state index contributed by atoms with van der Waals surface area (Å²) < 4.78 is 15.6. The Balaban J connectivity index is 1.52. The summed E-state index contributed by atoms with van der Waals surface area (Å²) in [5.74, 6) is -1.58. The first-order valence-electron chi connectivity index (χ1n) is 10.6. The van der Waals surface area contributed by atoms with Crippen LogP contribution in [0.3, 0.4) is 0 Å². The second-order valence-electron chi connectivity index (χ2n) is 7.59. The van der Waals surface area contributed by atoms with Crippen molar-refractivity contribution in [2.75, 3.05) is 12.4 Å². The Kier molecular flexibility index (Phi) is 6.55. The maximum absolute atomic E-state index is 13.0. The number of benzene rings is 1. The second kappa shape index (κ2) is 9.52. The molecule has 1 N–H and O–H groups in total. The van der Waals surface area contributed by atoms with Gasteiger partial charge in [0.15, 0.2) is 18.1 Å². The number of nitrogens with one attached hydrogen (secondary N) is 1. The number of esters is 2. The van der Waals surface area contributed by atoms with Crippen LogP contribution < -0.4 is 5.32 Å². The lowest BCUT2D eigenvalue weighted by Crippen LogP contribution is -2.32. The molecule has 8 nitrogen and oxygen atoms in total. The van der Waals surface area contributed by atoms with Crippen molar-refractivity contribution >= 4 is 45.3 Å². The molecule has 1 amide bonds. The number of rotatable bonds is 6. The van der Waals surface area contributed by atoms with Gasteiger partial charge in [-0.15, -0.1) is 11.3 Å². The molecule has 32 heavy (non-hydrogen) atoms. The number of hydrogen-bond donors (Lipinski definition) is 1. The Morgan fingerprint density at radius 2 is 2.00 bits per heavy atom. The van der Waals surface area contributed by atoms with Gasteiger partial charge >= 0.3 is 11.9 Å². The van der Waals surface area contributed by atoms with E-state index in [0.29, 0.717) is 21.7 Å². The van der Waals surface area contributed by atoms with Gasteiger partial charge in [-0.25, -0.2) is 14.6 Å². The maximum Gasteiger partial charge on any atom is 0.341 e. The van der Waals surface area contributed by atoms with E-state index in [1.165, 1.54) is 24.8 Å². The molecule has 2 heterocycles. The van der Waals surface area contributed by atoms with Crippen LogP contribution >= 0.6 is 11.3 Å². The van der Waals surface area contributed by atoms with Crippen LogP contribution in [0.2, 0.25) is 0 Å². The molecule has 4 rings (SSSR count). The molecule has 0 aliphatic heterocycles. The van der Waals surface area contributed by atoms with Crippen LogP contribution in [0, 0.1) is 0 Å². The van der Waals surface area contributed by atoms with E-state index in [9.17, 15) is 14.4 Å². The Morgan fingerprint density at radius 3 is 2.78 bits per heavy atom. The summed E-state index contributed by atoms with van der Waals surface area (Å²) in [6.07, 6.45) is 5.37. The number of oxazole rings is 1. The molecule has 1 aromatic carbocycles. The van der Waals surface area contributed by atoms with Crippen molar-refractivity contribution < 1.29 is 28.3 Å². The van der Waals surface area contributed by atoms with Gasteiger partial charge in [0.25, 0.3) is 5.91 Å². The summed E-state index contributed by atoms with van der Waals surface area (Å²) in [4.78, 5) is 43.2. The minimum Gasteiger partial charge on any atom is -0.465 e. The fraction of sp³-hybridized carbons (Fsp3) is 0.391. The van der Waals surface area contributed by atoms with E-state index in [0.717, 1.165) is 42.5 Å². The molecule has 0 bridgehead atoms. The van der Waals surface area contributed by atoms with Crippen LogP contribution in [0.4, 0.5) is 5.00 Å². The minimum atomic E-state index is -1.01. The van der Waals surface area contributed by atoms with Crippen molar-refractivity contribution in [3.8, 4) is 0 Å². The second-order valence-corrected chi connectivity index (χ2v) is 8.69. The highest BCUT2D eigenvalue weighted by Gasteiger charge is 2.29. The highest BCUT2D eigenvalue weighted by molar-refractivity contribution is 7.17. The molecule has 0 saturated carbocycles. The van der Waals surface area contributed by atoms with Gasteiger partial charge in [-0.3, -0.25) is 4.79 Å². The Labute approximate surface area is 188 Å². The summed E-state index contributed by atoms with van der Waals surface area (Å²) in [6.45, 7) is 1.75. The molecule has 0 saturated heterocycles. The van der Waals surface area contributed by atoms with Crippen LogP contribution in [0.25, 0.3) is 11.1 Å². The third-order valence-corrected chi connectivity index (χ3v) is 6.73. The average Bonchev–Trinajstić information content (AvgIpc) is 3.33. The number of aromatic nitrogens is 1. The van der Waals surface area contributed by atoms with Crippen LogP contribution in [0.1, 0.15) is 63.8 Å². The molecule has 1 atom stereocenters. The highest BCUT2D eigenvalue weighted by Crippen LogP contribution is 2.38. The molecular weight excluding hydrogens is 432 g/mol. The number of carbonyl (C=O) groups is 3. The van der Waals surface area contributed by atoms with Gasteiger partial charge in [0.2, 0.25) is 0 Å². The third-order valence-electron chi connectivity index (χ3n) is 5.53. The topological polar surface area (TPSA) is 108 Å². The van der Waals surface area contributed by atoms with Crippen molar-refractivity contribution in [1.29, 1.82) is 0 Å². The van der Waals surface area contributed by atoms with Gasteiger partial charge < -0.3 is 19.2 Å². The molecule has 168 valence electrons. The molecule has 2 aromatic heterocycles. The van der Waals surface area contributed by atoms with E-state index >= 15 is 0 Å². The molecule has 1 aliphatic carbocycles. The largest absolute Gasteiger partial charge is 0.465 e. The summed E-state index contributed by atoms with van der Waals surface area (Å²) in [5.41, 5.74) is 2.73. The molecule has 0 fully saturated rings. The number of thiophene rings is 1. The Bertz CT molecular complexity index is 1160. The first-order valence-corrected chi connectivity index (χ1v) is 11.4. The molecule has 3 aromatic rings. The molecule has 0 spiro atoms. The van der Waals surface area contributed by atoms with Crippen molar-refractivity contribution in [3.63, 3.8) is 0 Å². The number of methoxy groups -OCH3 is 1. The lowest BCUT2D eigenvalue weighted by molar-refractivity contribution is -0.124. The summed E-state index contributed by atoms with van der Waals surface area (Å²) in [6, 6.07) is 4.74. The van der Waals surface area contributed by atoms with E-state index in [1.54, 1.807) is 25.1 Å². The summed E-state index contributed by atoms with van der Waals surface area (Å²) in [7, 11) is 1.33. The van der Waals surface area contributed by atoms with E-state index in [4.69, 9.17) is 13.9 Å². The van der Waals surface area contributed by atoms with Crippen molar-refractivity contribution in [3.05, 3.63) is 46.2 Å². The van der Waals surface area contributed by atoms with Gasteiger partial charge in [0.05, 0.1) is 18.2 Å². The quantitative estimate of drug-likeness (QED) is 0.429. The number of fused-ring (bicyclic) bond motifs is 2. The zero-order chi connectivity index (χ0) is 22.7. The third kappa shape index (κ3) is 4.38. The normalized spacial score (nSPS) is 14.3. The molecule has 1 unspecified atom stereocenters. The number of carbonyl (C=O) groups excluding carboxylic acids is 3. The summed E-state index contributed by atoms with van der Waals surface area (Å²) in [5, 5.41) is 3.26. The van der Waals surface area contributed by atoms with Crippen molar-refractivity contribution in [2.45, 2.75) is 51.6 Å². The lowest BCUT2D eigenvalue weighted by Gasteiger charge is -2.16. The van der Waals surface area contributed by atoms with Gasteiger partial charge in [-0.1, -0.05) is 13.3 Å². The fourth-order valence-electron chi connectivity index (χ4n) is 3.85. The zero-order valence-electron chi connectivity index (χ0n) is 17.9. The van der Waals surface area contributed by atoms with Crippen LogP contribution in [-0.2, 0) is 27.1 Å². The van der Waals surface area contributed by atoms with E-state index in [1.807, 2.05) is 0 Å². The van der Waals surface area contributed by atoms with Gasteiger partial charge in [-0.05, 0) is 55.9 Å². The first kappa shape index (κ1) is 22.0. The van der Waals surface area contributed by atoms with E-state index in [2.05, 4.69) is 10.3 Å². The number of hydrogen-bond acceptors (Lipinski definition) is 8. The predicted molar refractivity (Wildman–Crippen MR) is 119 cm³/mol. The van der Waals surface area contributed by atoms with Crippen molar-refractivity contribution in [2.24, 2.45) is 0 Å². The van der Waals surface area contributed by atoms with Crippen LogP contribution in [0.15, 0.2) is 29.0 Å². The van der Waals surface area contributed by atoms with Gasteiger partial charge in [-0.2, -0.15) is 0 Å². The Hall–Kier alpha value is -3.20. The Morgan fingerprint density at radius 1 is 1.19 bits per heavy atom. The number of anilines is 1. The highest BCUT2D eigenvalue weighted by atomic mass is 32.1. The predicted octanol–water partition coefficient (Wildman–Crippen LogP) is 4.52. The van der Waals surface area contributed by atoms with Gasteiger partial charge in [0.1, 0.15) is 10.5 Å². The monoisotopic (exact) mass is 456 g/mol. The standard InChI is InChI=1S/C23H24N2O6S/c1-3-16(31-22(27)13-9-10-17-15(11-13)24-12-30-17)20(26)25-21-19(23(28)29-2)14-7-5-4-6-8-18(14)32-21/h9-12,16H,3-8H2,1-2H3,(H,25,26). The van der Waals surface area contributed by atoms with Gasteiger partial charge in [0, 0.05) is 4.88 Å². The van der Waals surface area contributed by atoms with Crippen molar-refractivity contribution in [1.82, 2.24) is 4.98 Å². The lowest BCUT2D eigenvalue weighted by atomic mass is 10.1. The number of ether oxygens (including phenoxy) is 2. The van der Waals surface area contributed by atoms with Crippen LogP contribution in [0.5, 0.6) is 0 Å². The minimum absolute atomic E-state index is 0.274. The SMILES string of the molecule is CCC(OC(=O)c1ccc2ocnc2c1)C(=O)Nc1sc2c(c1C(=O)OC)CCCCC2. The molecule has 9 heteroatoms. The fourth-order valence-corrected chi connectivity index (χ4v) is 5.13. The zero-order valence-corrected chi connectivity index (χ0v) is 18.8. The molecule has 0 radical (unpaired) electrons.